The van der Waals surface area contributed by atoms with E-state index in [9.17, 15) is 0 Å². The third kappa shape index (κ3) is 4.10. The molecule has 2 atom stereocenters. The molecule has 1 aromatic heterocycles. The van der Waals surface area contributed by atoms with Crippen LogP contribution in [0, 0.1) is 0 Å². The third-order valence-corrected chi connectivity index (χ3v) is 5.20. The summed E-state index contributed by atoms with van der Waals surface area (Å²) in [5.41, 5.74) is 0.252. The second kappa shape index (κ2) is 6.97. The first-order chi connectivity index (χ1) is 10.3. The first-order valence-corrected chi connectivity index (χ1v) is 8.69. The minimum Gasteiger partial charge on any atom is -0.469 e. The molecule has 1 N–H and O–H groups in total. The summed E-state index contributed by atoms with van der Waals surface area (Å²) in [7, 11) is 0. The van der Waals surface area contributed by atoms with Crippen LogP contribution < -0.4 is 5.32 Å². The Labute approximate surface area is 128 Å². The molecule has 1 aromatic rings. The molecular weight excluding hydrogens is 262 g/mol. The monoisotopic (exact) mass is 291 g/mol. The maximum Gasteiger partial charge on any atom is 0.103 e. The average Bonchev–Trinajstić information content (AvgIpc) is 3.14. The molecule has 2 aliphatic rings. The highest BCUT2D eigenvalue weighted by atomic mass is 16.5. The van der Waals surface area contributed by atoms with Crippen molar-refractivity contribution >= 4 is 0 Å². The van der Waals surface area contributed by atoms with Crippen LogP contribution in [0.15, 0.2) is 22.8 Å². The van der Waals surface area contributed by atoms with Crippen molar-refractivity contribution in [2.75, 3.05) is 6.54 Å². The summed E-state index contributed by atoms with van der Waals surface area (Å²) >= 11 is 0. The lowest BCUT2D eigenvalue weighted by atomic mass is 9.83. The van der Waals surface area contributed by atoms with Gasteiger partial charge in [0.1, 0.15) is 5.76 Å². The number of hydrogen-bond acceptors (Lipinski definition) is 3. The van der Waals surface area contributed by atoms with Gasteiger partial charge >= 0.3 is 0 Å². The minimum absolute atomic E-state index is 0.252. The Balaban J connectivity index is 1.35. The summed E-state index contributed by atoms with van der Waals surface area (Å²) in [6.07, 6.45) is 13.5. The van der Waals surface area contributed by atoms with Gasteiger partial charge in [0, 0.05) is 19.0 Å². The molecule has 1 aliphatic carbocycles. The summed E-state index contributed by atoms with van der Waals surface area (Å²) in [6.45, 7) is 3.26. The number of rotatable bonds is 6. The second-order valence-electron chi connectivity index (χ2n) is 6.95. The Morgan fingerprint density at radius 2 is 2.14 bits per heavy atom. The van der Waals surface area contributed by atoms with Crippen LogP contribution in [0.4, 0.5) is 0 Å². The first-order valence-electron chi connectivity index (χ1n) is 8.69. The summed E-state index contributed by atoms with van der Waals surface area (Å²) < 4.78 is 11.8. The van der Waals surface area contributed by atoms with Crippen molar-refractivity contribution in [2.24, 2.45) is 0 Å². The number of nitrogens with one attached hydrogen (secondary N) is 1. The van der Waals surface area contributed by atoms with Gasteiger partial charge in [-0.25, -0.2) is 0 Å². The van der Waals surface area contributed by atoms with Crippen molar-refractivity contribution < 1.29 is 9.15 Å². The van der Waals surface area contributed by atoms with Gasteiger partial charge < -0.3 is 14.5 Å². The molecule has 1 saturated carbocycles. The van der Waals surface area contributed by atoms with Gasteiger partial charge in [-0.05, 0) is 51.2 Å². The third-order valence-electron chi connectivity index (χ3n) is 5.20. The van der Waals surface area contributed by atoms with Gasteiger partial charge in [0.05, 0.1) is 18.0 Å². The lowest BCUT2D eigenvalue weighted by Crippen LogP contribution is -2.37. The van der Waals surface area contributed by atoms with E-state index in [0.717, 1.165) is 25.1 Å². The fraction of sp³-hybridized carbons (Fsp3) is 0.778. The number of aryl methyl sites for hydroxylation is 1. The fourth-order valence-corrected chi connectivity index (χ4v) is 3.85. The lowest BCUT2D eigenvalue weighted by molar-refractivity contribution is -0.0628. The van der Waals surface area contributed by atoms with Gasteiger partial charge in [0.2, 0.25) is 0 Å². The van der Waals surface area contributed by atoms with Gasteiger partial charge in [-0.3, -0.25) is 0 Å². The summed E-state index contributed by atoms with van der Waals surface area (Å²) in [6, 6.07) is 4.53. The highest BCUT2D eigenvalue weighted by molar-refractivity contribution is 4.98. The van der Waals surface area contributed by atoms with E-state index in [1.165, 1.54) is 44.9 Å². The van der Waals surface area contributed by atoms with E-state index in [0.29, 0.717) is 12.1 Å². The van der Waals surface area contributed by atoms with E-state index in [2.05, 4.69) is 18.3 Å². The van der Waals surface area contributed by atoms with E-state index < -0.39 is 0 Å². The summed E-state index contributed by atoms with van der Waals surface area (Å²) in [5.74, 6) is 1.09. The summed E-state index contributed by atoms with van der Waals surface area (Å²) in [5, 5.41) is 3.64. The van der Waals surface area contributed by atoms with Gasteiger partial charge in [-0.1, -0.05) is 19.3 Å². The van der Waals surface area contributed by atoms with Gasteiger partial charge in [0.25, 0.3) is 0 Å². The zero-order chi connectivity index (χ0) is 14.5. The molecule has 0 bridgehead atoms. The maximum atomic E-state index is 6.41. The van der Waals surface area contributed by atoms with E-state index in [-0.39, 0.29) is 5.60 Å². The highest BCUT2D eigenvalue weighted by Gasteiger charge is 2.40. The Morgan fingerprint density at radius 3 is 2.90 bits per heavy atom. The molecule has 2 unspecified atom stereocenters. The predicted molar refractivity (Wildman–Crippen MR) is 84.4 cm³/mol. The maximum absolute atomic E-state index is 6.41. The van der Waals surface area contributed by atoms with Crippen molar-refractivity contribution in [3.63, 3.8) is 0 Å². The van der Waals surface area contributed by atoms with E-state index in [1.807, 2.05) is 6.07 Å². The number of ether oxygens (including phenoxy) is 1. The molecule has 118 valence electrons. The Bertz CT molecular complexity index is 409. The normalized spacial score (nSPS) is 26.2. The molecule has 2 fully saturated rings. The second-order valence-corrected chi connectivity index (χ2v) is 6.95. The molecular formula is C18H29NO2. The van der Waals surface area contributed by atoms with Gasteiger partial charge in [-0.2, -0.15) is 0 Å². The smallest absolute Gasteiger partial charge is 0.103 e. The van der Waals surface area contributed by atoms with Crippen LogP contribution in [0.2, 0.25) is 0 Å². The molecule has 1 spiro atoms. The summed E-state index contributed by atoms with van der Waals surface area (Å²) in [4.78, 5) is 0. The molecule has 0 aromatic carbocycles. The number of hydrogen-bond donors (Lipinski definition) is 1. The molecule has 1 aliphatic heterocycles. The van der Waals surface area contributed by atoms with Crippen LogP contribution in [0.5, 0.6) is 0 Å². The molecule has 2 heterocycles. The Kier molecular flexibility index (Phi) is 5.02. The van der Waals surface area contributed by atoms with Crippen LogP contribution in [0.1, 0.15) is 64.1 Å². The Morgan fingerprint density at radius 1 is 1.29 bits per heavy atom. The van der Waals surface area contributed by atoms with Crippen LogP contribution in [0.3, 0.4) is 0 Å². The molecule has 3 heteroatoms. The quantitative estimate of drug-likeness (QED) is 0.858. The Hall–Kier alpha value is -0.800. The molecule has 0 radical (unpaired) electrons. The zero-order valence-corrected chi connectivity index (χ0v) is 13.3. The first kappa shape index (κ1) is 15.1. The largest absolute Gasteiger partial charge is 0.469 e. The number of furan rings is 1. The average molecular weight is 291 g/mol. The van der Waals surface area contributed by atoms with Crippen molar-refractivity contribution in [3.8, 4) is 0 Å². The van der Waals surface area contributed by atoms with Crippen LogP contribution in [-0.2, 0) is 11.2 Å². The van der Waals surface area contributed by atoms with E-state index >= 15 is 0 Å². The molecule has 0 amide bonds. The highest BCUT2D eigenvalue weighted by Crippen LogP contribution is 2.41. The molecule has 1 saturated heterocycles. The lowest BCUT2D eigenvalue weighted by Gasteiger charge is -2.33. The van der Waals surface area contributed by atoms with Crippen LogP contribution >= 0.6 is 0 Å². The van der Waals surface area contributed by atoms with E-state index in [1.54, 1.807) is 6.26 Å². The molecule has 3 rings (SSSR count). The van der Waals surface area contributed by atoms with Crippen molar-refractivity contribution in [1.29, 1.82) is 0 Å². The predicted octanol–water partition coefficient (Wildman–Crippen LogP) is 4.07. The van der Waals surface area contributed by atoms with Crippen molar-refractivity contribution in [2.45, 2.75) is 82.5 Å². The van der Waals surface area contributed by atoms with Gasteiger partial charge in [-0.15, -0.1) is 0 Å². The van der Waals surface area contributed by atoms with Gasteiger partial charge in [0.15, 0.2) is 0 Å². The minimum atomic E-state index is 0.252. The fourth-order valence-electron chi connectivity index (χ4n) is 3.85. The van der Waals surface area contributed by atoms with Crippen LogP contribution in [-0.4, -0.2) is 24.3 Å². The molecule has 3 nitrogen and oxygen atoms in total. The van der Waals surface area contributed by atoms with Crippen molar-refractivity contribution in [1.82, 2.24) is 5.32 Å². The zero-order valence-electron chi connectivity index (χ0n) is 13.3. The van der Waals surface area contributed by atoms with Crippen LogP contribution in [0.25, 0.3) is 0 Å². The SMILES string of the molecule is CC(CCc1ccco1)NCC1CCC2(CCCCC2)O1. The standard InChI is InChI=1S/C18H29NO2/c1-15(7-8-16-6-5-13-20-16)19-14-17-9-12-18(21-17)10-3-2-4-11-18/h5-6,13,15,17,19H,2-4,7-12,14H2,1H3. The molecule has 21 heavy (non-hydrogen) atoms. The topological polar surface area (TPSA) is 34.4 Å². The van der Waals surface area contributed by atoms with E-state index in [4.69, 9.17) is 9.15 Å². The van der Waals surface area contributed by atoms with Crippen molar-refractivity contribution in [3.05, 3.63) is 24.2 Å².